The van der Waals surface area contributed by atoms with Crippen LogP contribution in [0.5, 0.6) is 5.75 Å². The van der Waals surface area contributed by atoms with Gasteiger partial charge in [0.1, 0.15) is 47.9 Å². The van der Waals surface area contributed by atoms with Crippen LogP contribution in [0.15, 0.2) is 24.4 Å². The monoisotopic (exact) mass is 468 g/mol. The van der Waals surface area contributed by atoms with Crippen LogP contribution in [-0.4, -0.2) is 80.2 Å². The number of nitriles is 1. The first-order chi connectivity index (χ1) is 16.5. The number of ether oxygens (including phenoxy) is 3. The van der Waals surface area contributed by atoms with E-state index in [2.05, 4.69) is 15.3 Å². The molecule has 1 aliphatic rings. The molecule has 12 heteroatoms. The van der Waals surface area contributed by atoms with Crippen LogP contribution in [0.3, 0.4) is 0 Å². The first-order valence-electron chi connectivity index (χ1n) is 10.3. The summed E-state index contributed by atoms with van der Waals surface area (Å²) in [6.45, 7) is 1.64. The highest BCUT2D eigenvalue weighted by Crippen LogP contribution is 2.22. The Morgan fingerprint density at radius 2 is 2.24 bits per heavy atom. The first kappa shape index (κ1) is 24.6. The standard InChI is InChI=1S/C22H24N6O6/c1-27(22(31)26-19-9-18(34-8-7-32-2)16(10-23)11-24-19)20-4-3-15(17(13-29)25-20)12-28-5-6-33-14-21(28)30/h3-4,9,11,13H,5-8,12,14H2,1-2H3,(H,24,26,31). The van der Waals surface area contributed by atoms with E-state index in [-0.39, 0.29) is 54.3 Å². The quantitative estimate of drug-likeness (QED) is 0.424. The fraction of sp³-hybridized carbons (Fsp3) is 0.364. The number of morpholine rings is 1. The van der Waals surface area contributed by atoms with E-state index in [4.69, 9.17) is 14.2 Å². The van der Waals surface area contributed by atoms with Gasteiger partial charge >= 0.3 is 6.03 Å². The Hall–Kier alpha value is -4.08. The van der Waals surface area contributed by atoms with Crippen LogP contribution in [0.2, 0.25) is 0 Å². The molecule has 0 radical (unpaired) electrons. The van der Waals surface area contributed by atoms with Crippen molar-refractivity contribution in [2.24, 2.45) is 0 Å². The molecule has 0 aromatic carbocycles. The fourth-order valence-electron chi connectivity index (χ4n) is 3.08. The van der Waals surface area contributed by atoms with Crippen LogP contribution < -0.4 is 15.0 Å². The third-order valence-corrected chi connectivity index (χ3v) is 4.97. The number of anilines is 2. The molecule has 2 aromatic heterocycles. The van der Waals surface area contributed by atoms with Gasteiger partial charge in [0, 0.05) is 38.9 Å². The fourth-order valence-corrected chi connectivity index (χ4v) is 3.08. The molecule has 1 aliphatic heterocycles. The van der Waals surface area contributed by atoms with Crippen LogP contribution in [0.25, 0.3) is 0 Å². The predicted octanol–water partition coefficient (Wildman–Crippen LogP) is 1.21. The Bertz CT molecular complexity index is 1100. The van der Waals surface area contributed by atoms with Gasteiger partial charge in [-0.15, -0.1) is 0 Å². The summed E-state index contributed by atoms with van der Waals surface area (Å²) >= 11 is 0. The lowest BCUT2D eigenvalue weighted by Crippen LogP contribution is -2.41. The molecule has 3 amide bonds. The summed E-state index contributed by atoms with van der Waals surface area (Å²) in [5.74, 6) is 0.489. The van der Waals surface area contributed by atoms with Gasteiger partial charge in [0.25, 0.3) is 0 Å². The van der Waals surface area contributed by atoms with Gasteiger partial charge in [0.05, 0.1) is 19.4 Å². The second-order valence-corrected chi connectivity index (χ2v) is 7.21. The molecule has 3 heterocycles. The van der Waals surface area contributed by atoms with E-state index in [0.717, 1.165) is 0 Å². The molecule has 3 rings (SSSR count). The van der Waals surface area contributed by atoms with E-state index >= 15 is 0 Å². The van der Waals surface area contributed by atoms with Crippen LogP contribution in [-0.2, 0) is 20.8 Å². The van der Waals surface area contributed by atoms with Gasteiger partial charge in [0.15, 0.2) is 6.29 Å². The lowest BCUT2D eigenvalue weighted by molar-refractivity contribution is -0.143. The van der Waals surface area contributed by atoms with Gasteiger partial charge in [-0.25, -0.2) is 14.8 Å². The molecule has 1 fully saturated rings. The number of carbonyl (C=O) groups is 3. The van der Waals surface area contributed by atoms with E-state index in [1.54, 1.807) is 17.0 Å². The van der Waals surface area contributed by atoms with Crippen molar-refractivity contribution in [3.05, 3.63) is 41.2 Å². The molecule has 2 aromatic rings. The summed E-state index contributed by atoms with van der Waals surface area (Å²) in [4.78, 5) is 47.4. The Balaban J connectivity index is 1.71. The molecule has 34 heavy (non-hydrogen) atoms. The summed E-state index contributed by atoms with van der Waals surface area (Å²) in [7, 11) is 3.01. The van der Waals surface area contributed by atoms with Gasteiger partial charge in [-0.05, 0) is 6.07 Å². The lowest BCUT2D eigenvalue weighted by Gasteiger charge is -2.27. The summed E-state index contributed by atoms with van der Waals surface area (Å²) in [6, 6.07) is 6.08. The predicted molar refractivity (Wildman–Crippen MR) is 120 cm³/mol. The molecule has 1 N–H and O–H groups in total. The zero-order valence-electron chi connectivity index (χ0n) is 18.8. The number of methoxy groups -OCH3 is 1. The lowest BCUT2D eigenvalue weighted by atomic mass is 10.1. The summed E-state index contributed by atoms with van der Waals surface area (Å²) < 4.78 is 15.6. The SMILES string of the molecule is COCCOc1cc(NC(=O)N(C)c2ccc(CN3CCOCC3=O)c(C=O)n2)ncc1C#N. The summed E-state index contributed by atoms with van der Waals surface area (Å²) in [6.07, 6.45) is 1.88. The summed E-state index contributed by atoms with van der Waals surface area (Å²) in [5.41, 5.74) is 0.908. The van der Waals surface area contributed by atoms with Crippen molar-refractivity contribution in [2.75, 3.05) is 57.3 Å². The van der Waals surface area contributed by atoms with E-state index in [0.29, 0.717) is 31.6 Å². The van der Waals surface area contributed by atoms with Crippen molar-refractivity contribution in [3.8, 4) is 11.8 Å². The van der Waals surface area contributed by atoms with Gasteiger partial charge < -0.3 is 19.1 Å². The molecule has 0 saturated carbocycles. The third kappa shape index (κ3) is 6.03. The third-order valence-electron chi connectivity index (χ3n) is 4.97. The molecule has 0 unspecified atom stereocenters. The number of pyridine rings is 2. The molecule has 0 aliphatic carbocycles. The molecule has 0 spiro atoms. The van der Waals surface area contributed by atoms with Crippen molar-refractivity contribution >= 4 is 29.9 Å². The Morgan fingerprint density at radius 1 is 1.41 bits per heavy atom. The highest BCUT2D eigenvalue weighted by atomic mass is 16.5. The maximum Gasteiger partial charge on any atom is 0.328 e. The second-order valence-electron chi connectivity index (χ2n) is 7.21. The Morgan fingerprint density at radius 3 is 2.94 bits per heavy atom. The minimum atomic E-state index is -0.569. The number of aromatic nitrogens is 2. The van der Waals surface area contributed by atoms with E-state index < -0.39 is 6.03 Å². The molecule has 12 nitrogen and oxygen atoms in total. The van der Waals surface area contributed by atoms with Crippen LogP contribution >= 0.6 is 0 Å². The van der Waals surface area contributed by atoms with Crippen molar-refractivity contribution < 1.29 is 28.6 Å². The minimum Gasteiger partial charge on any atom is -0.490 e. The number of hydrogen-bond donors (Lipinski definition) is 1. The number of carbonyl (C=O) groups excluding carboxylic acids is 3. The first-order valence-corrected chi connectivity index (χ1v) is 10.3. The van der Waals surface area contributed by atoms with Crippen molar-refractivity contribution in [1.82, 2.24) is 14.9 Å². The van der Waals surface area contributed by atoms with Crippen molar-refractivity contribution in [2.45, 2.75) is 6.54 Å². The molecular weight excluding hydrogens is 444 g/mol. The number of nitrogens with one attached hydrogen (secondary N) is 1. The number of nitrogens with zero attached hydrogens (tertiary/aromatic N) is 5. The maximum absolute atomic E-state index is 12.7. The number of amides is 3. The molecule has 0 atom stereocenters. The second kappa shape index (κ2) is 11.7. The molecule has 0 bridgehead atoms. The van der Waals surface area contributed by atoms with E-state index in [9.17, 15) is 19.6 Å². The minimum absolute atomic E-state index is 0.00730. The molecular formula is C22H24N6O6. The Kier molecular flexibility index (Phi) is 8.44. The normalized spacial score (nSPS) is 13.2. The smallest absolute Gasteiger partial charge is 0.328 e. The number of hydrogen-bond acceptors (Lipinski definition) is 9. The topological polar surface area (TPSA) is 147 Å². The van der Waals surface area contributed by atoms with Crippen LogP contribution in [0.4, 0.5) is 16.4 Å². The number of urea groups is 1. The average molecular weight is 468 g/mol. The van der Waals surface area contributed by atoms with Crippen molar-refractivity contribution in [1.29, 1.82) is 5.26 Å². The van der Waals surface area contributed by atoms with Gasteiger partial charge in [-0.2, -0.15) is 5.26 Å². The van der Waals surface area contributed by atoms with E-state index in [1.807, 2.05) is 6.07 Å². The van der Waals surface area contributed by atoms with Crippen LogP contribution in [0, 0.1) is 11.3 Å². The molecule has 178 valence electrons. The van der Waals surface area contributed by atoms with Gasteiger partial charge in [-0.1, -0.05) is 6.07 Å². The van der Waals surface area contributed by atoms with Crippen molar-refractivity contribution in [3.63, 3.8) is 0 Å². The number of aldehydes is 1. The zero-order valence-corrected chi connectivity index (χ0v) is 18.8. The van der Waals surface area contributed by atoms with E-state index in [1.165, 1.54) is 31.3 Å². The van der Waals surface area contributed by atoms with Crippen LogP contribution in [0.1, 0.15) is 21.6 Å². The Labute approximate surface area is 196 Å². The van der Waals surface area contributed by atoms with Gasteiger partial charge in [-0.3, -0.25) is 19.8 Å². The zero-order chi connectivity index (χ0) is 24.5. The number of rotatable bonds is 9. The summed E-state index contributed by atoms with van der Waals surface area (Å²) in [5, 5.41) is 11.8. The maximum atomic E-state index is 12.7. The van der Waals surface area contributed by atoms with Gasteiger partial charge in [0.2, 0.25) is 5.91 Å². The highest BCUT2D eigenvalue weighted by Gasteiger charge is 2.21. The largest absolute Gasteiger partial charge is 0.490 e. The highest BCUT2D eigenvalue weighted by molar-refractivity contribution is 6.00. The molecule has 1 saturated heterocycles. The average Bonchev–Trinajstić information content (AvgIpc) is 2.85.